The minimum atomic E-state index is 0.921. The Morgan fingerprint density at radius 3 is 1.04 bits per heavy atom. The van der Waals surface area contributed by atoms with Crippen LogP contribution in [-0.2, 0) is 0 Å². The monoisotopic (exact) mass is 399 g/mol. The highest BCUT2D eigenvalue weighted by Crippen LogP contribution is 1.61. The van der Waals surface area contributed by atoms with E-state index in [1.165, 1.54) is 0 Å². The van der Waals surface area contributed by atoms with Gasteiger partial charge >= 0.3 is 0 Å². The SMILES string of the molecule is [3H]N(I)C#CC#CC#CC#CC#CC#CC#CC#CC#CC#CC. The summed E-state index contributed by atoms with van der Waals surface area (Å²) in [5, 5.41) is 0. The first-order valence-electron chi connectivity index (χ1n) is 6.09. The molecule has 0 amide bonds. The molecule has 0 radical (unpaired) electrons. The van der Waals surface area contributed by atoms with E-state index in [4.69, 9.17) is 1.41 Å². The van der Waals surface area contributed by atoms with Crippen LogP contribution in [0.1, 0.15) is 6.92 Å². The van der Waals surface area contributed by atoms with Crippen molar-refractivity contribution in [2.75, 3.05) is 0 Å². The zero-order valence-electron chi connectivity index (χ0n) is 12.8. The van der Waals surface area contributed by atoms with Gasteiger partial charge in [-0.15, -0.1) is 0 Å². The van der Waals surface area contributed by atoms with E-state index < -0.39 is 0 Å². The summed E-state index contributed by atoms with van der Waals surface area (Å²) in [6.07, 6.45) is 0. The van der Waals surface area contributed by atoms with Gasteiger partial charge in [-0.25, -0.2) is 0 Å². The molecule has 0 fully saturated rings. The van der Waals surface area contributed by atoms with Gasteiger partial charge in [0.25, 0.3) is 0 Å². The van der Waals surface area contributed by atoms with Gasteiger partial charge < -0.3 is 0 Å². The molecule has 0 aromatic rings. The summed E-state index contributed by atoms with van der Waals surface area (Å²) >= 11 is 1.70. The first-order valence-corrected chi connectivity index (χ1v) is 6.61. The second-order valence-electron chi connectivity index (χ2n) is 2.70. The Labute approximate surface area is 153 Å². The van der Waals surface area contributed by atoms with E-state index in [0.717, 1.165) is 3.52 Å². The van der Waals surface area contributed by atoms with E-state index >= 15 is 0 Å². The average molecular weight is 399 g/mol. The quantitative estimate of drug-likeness (QED) is 0.277. The fraction of sp³-hybridized carbons (Fsp3) is 0.0476. The summed E-state index contributed by atoms with van der Waals surface area (Å²) in [5.74, 6) is 47.5. The molecule has 0 aliphatic carbocycles. The third kappa shape index (κ3) is 18.1. The van der Waals surface area contributed by atoms with Crippen molar-refractivity contribution in [3.8, 4) is 119 Å². The molecule has 0 heterocycles. The molecule has 100 valence electrons. The van der Waals surface area contributed by atoms with Gasteiger partial charge in [0.05, 0.1) is 22.9 Å². The molecule has 0 unspecified atom stereocenters. The first-order chi connectivity index (χ1) is 11.8. The van der Waals surface area contributed by atoms with Gasteiger partial charge in [-0.3, -0.25) is 3.52 Å². The Bertz CT molecular complexity index is 1090. The molecule has 0 aromatic heterocycles. The van der Waals surface area contributed by atoms with Crippen molar-refractivity contribution in [3.63, 3.8) is 0 Å². The minimum Gasteiger partial charge on any atom is -0.287 e. The number of rotatable bonds is 0. The molecule has 1 nitrogen and oxygen atoms in total. The highest BCUT2D eigenvalue weighted by molar-refractivity contribution is 14.1. The van der Waals surface area contributed by atoms with Crippen molar-refractivity contribution in [1.82, 2.24) is 3.52 Å². The molecule has 0 aromatic carbocycles. The van der Waals surface area contributed by atoms with E-state index in [9.17, 15) is 0 Å². The van der Waals surface area contributed by atoms with Crippen LogP contribution >= 0.6 is 22.9 Å². The summed E-state index contributed by atoms with van der Waals surface area (Å²) in [6, 6.07) is 2.39. The van der Waals surface area contributed by atoms with Gasteiger partial charge in [-0.2, -0.15) is 0 Å². The number of halogens is 1. The lowest BCUT2D eigenvalue weighted by molar-refractivity contribution is 1.61. The lowest BCUT2D eigenvalue weighted by Crippen LogP contribution is -1.77. The van der Waals surface area contributed by atoms with Crippen LogP contribution in [0.15, 0.2) is 0 Å². The van der Waals surface area contributed by atoms with Crippen LogP contribution in [0.3, 0.4) is 0 Å². The molecular weight excluding hydrogens is 393 g/mol. The molecule has 1 N–H and O–H groups in total. The van der Waals surface area contributed by atoms with Crippen molar-refractivity contribution in [1.29, 1.82) is 0 Å². The standard InChI is InChI=1S/C21H4IN/c1-2-3-4-5-6-7-8-9-10-11-12-13-14-15-16-17-18-19-20-21-23-22/h23H,1H3/i/hT. The van der Waals surface area contributed by atoms with Gasteiger partial charge in [-0.1, -0.05) is 5.92 Å². The maximum atomic E-state index is 6.95. The molecule has 0 bridgehead atoms. The normalized spacial score (nSPS) is 4.70. The highest BCUT2D eigenvalue weighted by atomic mass is 127. The minimum absolute atomic E-state index is 0.921. The van der Waals surface area contributed by atoms with Crippen molar-refractivity contribution in [2.45, 2.75) is 6.92 Å². The summed E-state index contributed by atoms with van der Waals surface area (Å²) in [7, 11) is 0. The van der Waals surface area contributed by atoms with Crippen LogP contribution in [0.2, 0.25) is 1.41 Å². The van der Waals surface area contributed by atoms with Gasteiger partial charge in [-0.05, 0) is 54.3 Å². The van der Waals surface area contributed by atoms with Gasteiger partial charge in [0.1, 0.15) is 0 Å². The topological polar surface area (TPSA) is 12.0 Å². The fourth-order valence-corrected chi connectivity index (χ4v) is 0.732. The van der Waals surface area contributed by atoms with E-state index in [1.807, 2.05) is 0 Å². The third-order valence-electron chi connectivity index (χ3n) is 1.29. The van der Waals surface area contributed by atoms with E-state index in [2.05, 4.69) is 119 Å². The molecule has 0 spiro atoms. The third-order valence-corrected chi connectivity index (χ3v) is 1.53. The predicted molar refractivity (Wildman–Crippen MR) is 101 cm³/mol. The maximum absolute atomic E-state index is 6.95. The molecule has 0 saturated heterocycles. The van der Waals surface area contributed by atoms with Crippen LogP contribution in [-0.4, -0.2) is 0 Å². The van der Waals surface area contributed by atoms with Crippen LogP contribution in [0.4, 0.5) is 0 Å². The van der Waals surface area contributed by atoms with Crippen molar-refractivity contribution >= 4 is 22.9 Å². The summed E-state index contributed by atoms with van der Waals surface area (Å²) in [4.78, 5) is 0. The van der Waals surface area contributed by atoms with Crippen LogP contribution in [0, 0.1) is 119 Å². The predicted octanol–water partition coefficient (Wildman–Crippen LogP) is 0.937. The second kappa shape index (κ2) is 18.1. The lowest BCUT2D eigenvalue weighted by atomic mass is 10.4. The van der Waals surface area contributed by atoms with Crippen LogP contribution in [0.5, 0.6) is 0 Å². The molecule has 0 aliphatic heterocycles. The molecule has 2 heteroatoms. The average Bonchev–Trinajstić information content (AvgIpc) is 2.56. The fourth-order valence-electron chi connectivity index (χ4n) is 0.612. The van der Waals surface area contributed by atoms with Crippen LogP contribution in [0.25, 0.3) is 0 Å². The summed E-state index contributed by atoms with van der Waals surface area (Å²) in [5.41, 5.74) is 0. The lowest BCUT2D eigenvalue weighted by Gasteiger charge is -1.65. The molecule has 0 rings (SSSR count). The molecule has 0 atom stereocenters. The van der Waals surface area contributed by atoms with E-state index in [-0.39, 0.29) is 0 Å². The first kappa shape index (κ1) is 17.2. The van der Waals surface area contributed by atoms with Crippen molar-refractivity contribution in [3.05, 3.63) is 0 Å². The number of hydrogen-bond donors (Lipinski definition) is 1. The smallest absolute Gasteiger partial charge is 0.183 e. The van der Waals surface area contributed by atoms with Gasteiger partial charge in [0.2, 0.25) is 0 Å². The van der Waals surface area contributed by atoms with Crippen molar-refractivity contribution in [2.24, 2.45) is 0 Å². The summed E-state index contributed by atoms with van der Waals surface area (Å²) in [6.45, 7) is 1.69. The highest BCUT2D eigenvalue weighted by Gasteiger charge is 1.58. The zero-order valence-corrected chi connectivity index (χ0v) is 14.0. The van der Waals surface area contributed by atoms with Gasteiger partial charge in [0.15, 0.2) is 1.41 Å². The Hall–Kier alpha value is -3.87. The van der Waals surface area contributed by atoms with Crippen molar-refractivity contribution < 1.29 is 1.41 Å². The Kier molecular flexibility index (Phi) is 13.5. The van der Waals surface area contributed by atoms with Crippen LogP contribution < -0.4 is 3.52 Å². The van der Waals surface area contributed by atoms with E-state index in [0.29, 0.717) is 0 Å². The molecule has 0 saturated carbocycles. The van der Waals surface area contributed by atoms with Gasteiger partial charge in [0, 0.05) is 65.2 Å². The number of nitrogens with one attached hydrogen (secondary N) is 1. The van der Waals surface area contributed by atoms with E-state index in [1.54, 1.807) is 29.8 Å². The number of hydrogen-bond acceptors (Lipinski definition) is 1. The Morgan fingerprint density at radius 2 is 0.783 bits per heavy atom. The Morgan fingerprint density at radius 1 is 0.522 bits per heavy atom. The second-order valence-corrected chi connectivity index (χ2v) is 3.18. The molecule has 23 heavy (non-hydrogen) atoms. The molecular formula is C21H4IN. The zero-order chi connectivity index (χ0) is 17.7. The Balaban J connectivity index is 4.38. The largest absolute Gasteiger partial charge is 0.287 e. The maximum Gasteiger partial charge on any atom is 0.183 e. The molecule has 0 aliphatic rings. The summed E-state index contributed by atoms with van der Waals surface area (Å²) < 4.78 is 7.87.